The normalized spacial score (nSPS) is 21.6. The summed E-state index contributed by atoms with van der Waals surface area (Å²) < 4.78 is 21.4. The van der Waals surface area contributed by atoms with E-state index >= 15 is 0 Å². The van der Waals surface area contributed by atoms with Crippen molar-refractivity contribution in [2.24, 2.45) is 0 Å². The molecule has 2 aromatic rings. The van der Waals surface area contributed by atoms with Crippen LogP contribution in [0.4, 0.5) is 5.00 Å². The molecule has 1 fully saturated rings. The van der Waals surface area contributed by atoms with E-state index in [1.54, 1.807) is 13.0 Å². The molecule has 150 valence electrons. The first-order chi connectivity index (χ1) is 13.4. The zero-order valence-electron chi connectivity index (χ0n) is 15.9. The fourth-order valence-corrected chi connectivity index (χ4v) is 3.82. The van der Waals surface area contributed by atoms with Gasteiger partial charge in [0, 0.05) is 5.56 Å². The molecule has 0 bridgehead atoms. The average molecular weight is 423 g/mol. The number of anilines is 1. The minimum atomic E-state index is -0.823. The number of benzene rings is 1. The Morgan fingerprint density at radius 3 is 2.89 bits per heavy atom. The molecule has 8 heteroatoms. The van der Waals surface area contributed by atoms with E-state index in [-0.39, 0.29) is 18.4 Å². The summed E-state index contributed by atoms with van der Waals surface area (Å²) in [7, 11) is 0. The van der Waals surface area contributed by atoms with Gasteiger partial charge in [0.25, 0.3) is 0 Å². The van der Waals surface area contributed by atoms with Gasteiger partial charge in [0.15, 0.2) is 5.79 Å². The molecule has 0 aliphatic carbocycles. The van der Waals surface area contributed by atoms with Crippen LogP contribution in [0.5, 0.6) is 0 Å². The molecule has 1 aliphatic rings. The van der Waals surface area contributed by atoms with Crippen LogP contribution in [-0.4, -0.2) is 36.2 Å². The number of amides is 1. The lowest BCUT2D eigenvalue weighted by molar-refractivity contribution is -0.167. The smallest absolute Gasteiger partial charge is 0.229 e. The van der Waals surface area contributed by atoms with E-state index in [1.807, 2.05) is 31.2 Å². The third kappa shape index (κ3) is 4.98. The van der Waals surface area contributed by atoms with Crippen molar-refractivity contribution in [1.82, 2.24) is 4.37 Å². The molecule has 2 atom stereocenters. The van der Waals surface area contributed by atoms with Gasteiger partial charge in [-0.05, 0) is 30.9 Å². The number of nitrogens with zero attached hydrogens (tertiary/aromatic N) is 1. The van der Waals surface area contributed by atoms with Crippen molar-refractivity contribution < 1.29 is 19.0 Å². The van der Waals surface area contributed by atoms with Crippen LogP contribution in [0.1, 0.15) is 23.7 Å². The van der Waals surface area contributed by atoms with Gasteiger partial charge in [0.1, 0.15) is 11.1 Å². The Hall–Kier alpha value is -1.77. The van der Waals surface area contributed by atoms with Gasteiger partial charge in [0.2, 0.25) is 5.91 Å². The lowest BCUT2D eigenvalue weighted by atomic mass is 10.0. The van der Waals surface area contributed by atoms with Gasteiger partial charge in [-0.25, -0.2) is 0 Å². The Labute approximate surface area is 173 Å². The topological polar surface area (TPSA) is 69.7 Å². The van der Waals surface area contributed by atoms with E-state index in [0.717, 1.165) is 11.1 Å². The first-order valence-electron chi connectivity index (χ1n) is 8.92. The Morgan fingerprint density at radius 1 is 1.50 bits per heavy atom. The number of carbonyl (C=O) groups is 1. The summed E-state index contributed by atoms with van der Waals surface area (Å²) >= 11 is 7.29. The van der Waals surface area contributed by atoms with Crippen LogP contribution in [-0.2, 0) is 31.2 Å². The summed E-state index contributed by atoms with van der Waals surface area (Å²) in [6, 6.07) is 7.63. The largest absolute Gasteiger partial charge is 0.375 e. The maximum atomic E-state index is 12.3. The van der Waals surface area contributed by atoms with Crippen molar-refractivity contribution in [3.63, 3.8) is 0 Å². The van der Waals surface area contributed by atoms with Crippen LogP contribution in [0, 0.1) is 6.92 Å². The molecule has 3 rings (SSSR count). The molecule has 2 heterocycles. The Morgan fingerprint density at radius 2 is 2.25 bits per heavy atom. The predicted molar refractivity (Wildman–Crippen MR) is 110 cm³/mol. The first-order valence-corrected chi connectivity index (χ1v) is 10.1. The highest BCUT2D eigenvalue weighted by Gasteiger charge is 2.38. The monoisotopic (exact) mass is 422 g/mol. The Kier molecular flexibility index (Phi) is 6.85. The predicted octanol–water partition coefficient (Wildman–Crippen LogP) is 4.08. The molecule has 0 radical (unpaired) electrons. The molecule has 0 saturated carbocycles. The summed E-state index contributed by atoms with van der Waals surface area (Å²) in [6.45, 7) is 8.72. The highest BCUT2D eigenvalue weighted by atomic mass is 35.5. The van der Waals surface area contributed by atoms with Crippen molar-refractivity contribution in [2.75, 3.05) is 25.1 Å². The van der Waals surface area contributed by atoms with Crippen LogP contribution in [0.2, 0.25) is 5.02 Å². The quantitative estimate of drug-likeness (QED) is 0.512. The zero-order valence-corrected chi connectivity index (χ0v) is 17.4. The van der Waals surface area contributed by atoms with Crippen LogP contribution < -0.4 is 5.32 Å². The molecule has 2 unspecified atom stereocenters. The van der Waals surface area contributed by atoms with Gasteiger partial charge >= 0.3 is 0 Å². The van der Waals surface area contributed by atoms with Gasteiger partial charge in [-0.2, -0.15) is 4.37 Å². The maximum Gasteiger partial charge on any atom is 0.229 e. The lowest BCUT2D eigenvalue weighted by Gasteiger charge is -2.24. The van der Waals surface area contributed by atoms with E-state index < -0.39 is 5.79 Å². The van der Waals surface area contributed by atoms with Gasteiger partial charge in [0.05, 0.1) is 37.0 Å². The second-order valence-electron chi connectivity index (χ2n) is 6.66. The summed E-state index contributed by atoms with van der Waals surface area (Å²) in [6.07, 6.45) is 1.82. The van der Waals surface area contributed by atoms with Crippen molar-refractivity contribution >= 4 is 34.0 Å². The minimum Gasteiger partial charge on any atom is -0.375 e. The number of nitrogens with one attached hydrogen (secondary N) is 1. The number of rotatable bonds is 8. The number of halogens is 1. The fourth-order valence-electron chi connectivity index (χ4n) is 2.87. The summed E-state index contributed by atoms with van der Waals surface area (Å²) in [5.74, 6) is -0.964. The number of hydrogen-bond acceptors (Lipinski definition) is 6. The molecule has 0 spiro atoms. The molecule has 1 amide bonds. The number of aromatic nitrogens is 1. The van der Waals surface area contributed by atoms with Crippen LogP contribution in [0.15, 0.2) is 36.9 Å². The third-order valence-electron chi connectivity index (χ3n) is 4.36. The van der Waals surface area contributed by atoms with Crippen LogP contribution >= 0.6 is 23.1 Å². The van der Waals surface area contributed by atoms with E-state index in [1.165, 1.54) is 11.5 Å². The third-order valence-corrected chi connectivity index (χ3v) is 5.79. The fraction of sp³-hybridized carbons (Fsp3) is 0.400. The molecular weight excluding hydrogens is 400 g/mol. The number of carbonyl (C=O) groups excluding carboxylic acids is 1. The lowest BCUT2D eigenvalue weighted by Crippen LogP contribution is -2.25. The zero-order chi connectivity index (χ0) is 20.1. The maximum absolute atomic E-state index is 12.3. The average Bonchev–Trinajstić information content (AvgIpc) is 3.21. The summed E-state index contributed by atoms with van der Waals surface area (Å²) in [5, 5.41) is 3.87. The molecule has 6 nitrogen and oxygen atoms in total. The SMILES string of the molecule is C=CCOCC1COC(C)(c2ccc(CC(=O)Nc3snc(C)c3Cl)cc2)O1. The molecule has 1 saturated heterocycles. The summed E-state index contributed by atoms with van der Waals surface area (Å²) in [5.41, 5.74) is 2.49. The van der Waals surface area contributed by atoms with Crippen molar-refractivity contribution in [3.8, 4) is 0 Å². The van der Waals surface area contributed by atoms with Gasteiger partial charge in [-0.1, -0.05) is 41.9 Å². The molecule has 1 aromatic carbocycles. The van der Waals surface area contributed by atoms with Gasteiger partial charge in [-0.15, -0.1) is 6.58 Å². The van der Waals surface area contributed by atoms with Crippen molar-refractivity contribution in [3.05, 3.63) is 58.8 Å². The van der Waals surface area contributed by atoms with Crippen LogP contribution in [0.25, 0.3) is 0 Å². The number of hydrogen-bond donors (Lipinski definition) is 1. The first kappa shape index (κ1) is 21.0. The number of ether oxygens (including phenoxy) is 3. The van der Waals surface area contributed by atoms with Crippen LogP contribution in [0.3, 0.4) is 0 Å². The molecule has 1 N–H and O–H groups in total. The van der Waals surface area contributed by atoms with Crippen molar-refractivity contribution in [1.29, 1.82) is 0 Å². The molecule has 1 aromatic heterocycles. The minimum absolute atomic E-state index is 0.122. The second-order valence-corrected chi connectivity index (χ2v) is 7.81. The van der Waals surface area contributed by atoms with Crippen molar-refractivity contribution in [2.45, 2.75) is 32.2 Å². The molecular formula is C20H23ClN2O4S. The van der Waals surface area contributed by atoms with E-state index in [4.69, 9.17) is 25.8 Å². The van der Waals surface area contributed by atoms with E-state index in [2.05, 4.69) is 16.3 Å². The van der Waals surface area contributed by atoms with E-state index in [0.29, 0.717) is 35.5 Å². The highest BCUT2D eigenvalue weighted by Crippen LogP contribution is 2.34. The van der Waals surface area contributed by atoms with Gasteiger partial charge in [-0.3, -0.25) is 4.79 Å². The Bertz CT molecular complexity index is 839. The summed E-state index contributed by atoms with van der Waals surface area (Å²) in [4.78, 5) is 12.3. The standard InChI is InChI=1S/C20H23ClN2O4S/c1-4-9-25-11-16-12-26-20(3,27-16)15-7-5-14(6-8-15)10-17(24)22-19-18(21)13(2)23-28-19/h4-8,16H,1,9-12H2,2-3H3,(H,22,24). The highest BCUT2D eigenvalue weighted by molar-refractivity contribution is 7.11. The van der Waals surface area contributed by atoms with E-state index in [9.17, 15) is 4.79 Å². The molecule has 28 heavy (non-hydrogen) atoms. The van der Waals surface area contributed by atoms with Gasteiger partial charge < -0.3 is 19.5 Å². The Balaban J connectivity index is 1.56. The molecule has 1 aliphatic heterocycles. The number of aryl methyl sites for hydroxylation is 1. The second kappa shape index (κ2) is 9.15.